The molecule has 0 bridgehead atoms. The van der Waals surface area contributed by atoms with E-state index in [2.05, 4.69) is 0 Å². The van der Waals surface area contributed by atoms with E-state index in [1.54, 1.807) is 13.0 Å². The summed E-state index contributed by atoms with van der Waals surface area (Å²) in [6.07, 6.45) is 0. The van der Waals surface area contributed by atoms with Crippen molar-refractivity contribution in [3.63, 3.8) is 0 Å². The number of amides is 2. The van der Waals surface area contributed by atoms with Crippen molar-refractivity contribution >= 4 is 23.7 Å². The van der Waals surface area contributed by atoms with Gasteiger partial charge in [0.15, 0.2) is 0 Å². The van der Waals surface area contributed by atoms with E-state index < -0.39 is 31.1 Å². The van der Waals surface area contributed by atoms with Gasteiger partial charge in [-0.15, -0.1) is 0 Å². The van der Waals surface area contributed by atoms with Crippen LogP contribution in [0.5, 0.6) is 5.75 Å². The van der Waals surface area contributed by atoms with Crippen LogP contribution in [0.3, 0.4) is 0 Å². The largest absolute Gasteiger partial charge is 0.508 e. The Labute approximate surface area is 120 Å². The Hall–Kier alpha value is -2.77. The molecule has 21 heavy (non-hydrogen) atoms. The fourth-order valence-electron chi connectivity index (χ4n) is 1.78. The van der Waals surface area contributed by atoms with Gasteiger partial charge in [0.2, 0.25) is 0 Å². The van der Waals surface area contributed by atoms with Crippen molar-refractivity contribution in [3.05, 3.63) is 24.3 Å². The number of carboxylic acid groups (broad SMARTS) is 2. The second kappa shape index (κ2) is 7.13. The van der Waals surface area contributed by atoms with Crippen molar-refractivity contribution < 1.29 is 29.7 Å². The molecule has 0 heterocycles. The number of hydrogen-bond donors (Lipinski definition) is 3. The van der Waals surface area contributed by atoms with Crippen molar-refractivity contribution in [2.24, 2.45) is 0 Å². The molecule has 8 heteroatoms. The standard InChI is InChI=1S/C13H16N2O6/c1-2-15(9-4-3-5-10(16)6-9)13(21)14(7-11(17)18)8-12(19)20/h3-6,16H,2,7-8H2,1H3,(H,17,18)(H,19,20). The third-order valence-electron chi connectivity index (χ3n) is 2.61. The molecule has 1 aromatic carbocycles. The minimum Gasteiger partial charge on any atom is -0.508 e. The summed E-state index contributed by atoms with van der Waals surface area (Å²) in [4.78, 5) is 35.7. The van der Waals surface area contributed by atoms with Gasteiger partial charge in [-0.25, -0.2) is 4.79 Å². The Morgan fingerprint density at radius 2 is 1.67 bits per heavy atom. The molecule has 0 radical (unpaired) electrons. The number of benzene rings is 1. The maximum absolute atomic E-state index is 12.3. The SMILES string of the molecule is CCN(C(=O)N(CC(=O)O)CC(=O)O)c1cccc(O)c1. The highest BCUT2D eigenvalue weighted by atomic mass is 16.4. The molecule has 0 saturated heterocycles. The third-order valence-corrected chi connectivity index (χ3v) is 2.61. The van der Waals surface area contributed by atoms with Gasteiger partial charge < -0.3 is 20.2 Å². The van der Waals surface area contributed by atoms with E-state index in [1.165, 1.54) is 23.1 Å². The number of rotatable bonds is 6. The lowest BCUT2D eigenvalue weighted by Gasteiger charge is -2.28. The highest BCUT2D eigenvalue weighted by Crippen LogP contribution is 2.21. The van der Waals surface area contributed by atoms with E-state index in [0.717, 1.165) is 0 Å². The van der Waals surface area contributed by atoms with Crippen LogP contribution < -0.4 is 4.90 Å². The average molecular weight is 296 g/mol. The van der Waals surface area contributed by atoms with E-state index in [9.17, 15) is 19.5 Å². The molecule has 8 nitrogen and oxygen atoms in total. The van der Waals surface area contributed by atoms with Gasteiger partial charge in [-0.2, -0.15) is 0 Å². The molecule has 114 valence electrons. The number of phenolic OH excluding ortho intramolecular Hbond substituents is 1. The molecule has 0 atom stereocenters. The summed E-state index contributed by atoms with van der Waals surface area (Å²) >= 11 is 0. The Bertz CT molecular complexity index is 529. The fourth-order valence-corrected chi connectivity index (χ4v) is 1.78. The van der Waals surface area contributed by atoms with Gasteiger partial charge in [0.25, 0.3) is 0 Å². The predicted octanol–water partition coefficient (Wildman–Crippen LogP) is 0.810. The van der Waals surface area contributed by atoms with Crippen LogP contribution in [0.1, 0.15) is 6.92 Å². The lowest BCUT2D eigenvalue weighted by Crippen LogP contribution is -2.47. The maximum Gasteiger partial charge on any atom is 0.325 e. The van der Waals surface area contributed by atoms with Crippen LogP contribution in [-0.4, -0.2) is 57.8 Å². The van der Waals surface area contributed by atoms with Crippen LogP contribution in [0.2, 0.25) is 0 Å². The fraction of sp³-hybridized carbons (Fsp3) is 0.308. The quantitative estimate of drug-likeness (QED) is 0.715. The predicted molar refractivity (Wildman–Crippen MR) is 73.4 cm³/mol. The molecule has 3 N–H and O–H groups in total. The molecule has 0 aliphatic rings. The van der Waals surface area contributed by atoms with E-state index in [4.69, 9.17) is 10.2 Å². The van der Waals surface area contributed by atoms with Crippen molar-refractivity contribution in [1.29, 1.82) is 0 Å². The van der Waals surface area contributed by atoms with Crippen molar-refractivity contribution in [1.82, 2.24) is 4.90 Å². The van der Waals surface area contributed by atoms with E-state index in [-0.39, 0.29) is 12.3 Å². The number of urea groups is 1. The Kier molecular flexibility index (Phi) is 5.53. The summed E-state index contributed by atoms with van der Waals surface area (Å²) in [6.45, 7) is 0.403. The Morgan fingerprint density at radius 1 is 1.10 bits per heavy atom. The molecule has 0 fully saturated rings. The summed E-state index contributed by atoms with van der Waals surface area (Å²) in [5.41, 5.74) is 0.350. The average Bonchev–Trinajstić information content (AvgIpc) is 2.37. The first kappa shape index (κ1) is 16.3. The summed E-state index contributed by atoms with van der Waals surface area (Å²) in [6, 6.07) is 5.09. The molecular weight excluding hydrogens is 280 g/mol. The molecule has 0 spiro atoms. The van der Waals surface area contributed by atoms with Crippen LogP contribution in [-0.2, 0) is 9.59 Å². The third kappa shape index (κ3) is 4.68. The smallest absolute Gasteiger partial charge is 0.325 e. The van der Waals surface area contributed by atoms with Crippen LogP contribution in [0.15, 0.2) is 24.3 Å². The molecule has 1 aromatic rings. The monoisotopic (exact) mass is 296 g/mol. The topological polar surface area (TPSA) is 118 Å². The van der Waals surface area contributed by atoms with E-state index >= 15 is 0 Å². The number of aromatic hydroxyl groups is 1. The highest BCUT2D eigenvalue weighted by molar-refractivity contribution is 5.95. The first-order valence-corrected chi connectivity index (χ1v) is 6.14. The molecule has 0 aliphatic heterocycles. The molecular formula is C13H16N2O6. The second-order valence-electron chi connectivity index (χ2n) is 4.19. The number of carbonyl (C=O) groups excluding carboxylic acids is 1. The summed E-state index contributed by atoms with van der Waals surface area (Å²) in [7, 11) is 0. The first-order valence-electron chi connectivity index (χ1n) is 6.14. The van der Waals surface area contributed by atoms with Gasteiger partial charge >= 0.3 is 18.0 Å². The number of hydrogen-bond acceptors (Lipinski definition) is 4. The second-order valence-corrected chi connectivity index (χ2v) is 4.19. The molecule has 2 amide bonds. The molecule has 0 unspecified atom stereocenters. The van der Waals surface area contributed by atoms with Gasteiger partial charge in [-0.1, -0.05) is 6.07 Å². The van der Waals surface area contributed by atoms with Gasteiger partial charge in [-0.05, 0) is 19.1 Å². The van der Waals surface area contributed by atoms with Gasteiger partial charge in [0.05, 0.1) is 0 Å². The van der Waals surface area contributed by atoms with Crippen molar-refractivity contribution in [3.8, 4) is 5.75 Å². The van der Waals surface area contributed by atoms with Crippen LogP contribution >= 0.6 is 0 Å². The normalized spacial score (nSPS) is 9.95. The lowest BCUT2D eigenvalue weighted by atomic mass is 10.2. The van der Waals surface area contributed by atoms with Gasteiger partial charge in [0.1, 0.15) is 18.8 Å². The maximum atomic E-state index is 12.3. The molecule has 1 rings (SSSR count). The molecule has 0 aliphatic carbocycles. The zero-order valence-corrected chi connectivity index (χ0v) is 11.4. The highest BCUT2D eigenvalue weighted by Gasteiger charge is 2.25. The molecule has 0 saturated carbocycles. The van der Waals surface area contributed by atoms with Crippen molar-refractivity contribution in [2.45, 2.75) is 6.92 Å². The minimum atomic E-state index is -1.31. The Morgan fingerprint density at radius 3 is 2.10 bits per heavy atom. The van der Waals surface area contributed by atoms with Gasteiger partial charge in [0, 0.05) is 18.3 Å². The van der Waals surface area contributed by atoms with Crippen molar-refractivity contribution in [2.75, 3.05) is 24.5 Å². The van der Waals surface area contributed by atoms with Crippen LogP contribution in [0.4, 0.5) is 10.5 Å². The lowest BCUT2D eigenvalue weighted by molar-refractivity contribution is -0.140. The number of anilines is 1. The summed E-state index contributed by atoms with van der Waals surface area (Å²) in [5.74, 6) is -2.67. The number of carboxylic acids is 2. The van der Waals surface area contributed by atoms with Gasteiger partial charge in [-0.3, -0.25) is 14.5 Å². The first-order chi connectivity index (χ1) is 9.85. The number of aliphatic carboxylic acids is 2. The number of nitrogens with zero attached hydrogens (tertiary/aromatic N) is 2. The van der Waals surface area contributed by atoms with Crippen LogP contribution in [0, 0.1) is 0 Å². The minimum absolute atomic E-state index is 0.0539. The van der Waals surface area contributed by atoms with E-state index in [1.807, 2.05) is 0 Å². The van der Waals surface area contributed by atoms with Crippen LogP contribution in [0.25, 0.3) is 0 Å². The summed E-state index contributed by atoms with van der Waals surface area (Å²) < 4.78 is 0. The number of phenols is 1. The number of carbonyl (C=O) groups is 3. The van der Waals surface area contributed by atoms with E-state index in [0.29, 0.717) is 10.6 Å². The zero-order valence-electron chi connectivity index (χ0n) is 11.4. The zero-order chi connectivity index (χ0) is 16.0. The Balaban J connectivity index is 3.02. The molecule has 0 aromatic heterocycles. The summed E-state index contributed by atoms with van der Waals surface area (Å²) in [5, 5.41) is 27.0.